The monoisotopic (exact) mass is 518 g/mol. The number of ether oxygens (including phenoxy) is 2. The molecule has 1 aliphatic carbocycles. The number of Topliss-reactive ketones (excluding diaryl/α,β-unsaturated/α-hetero) is 1. The predicted octanol–water partition coefficient (Wildman–Crippen LogP) is 1.42. The molecular weight excluding hydrogens is 488 g/mol. The highest BCUT2D eigenvalue weighted by Crippen LogP contribution is 2.26. The second-order valence-electron chi connectivity index (χ2n) is 9.46. The van der Waals surface area contributed by atoms with E-state index in [1.165, 1.54) is 24.1 Å². The van der Waals surface area contributed by atoms with Crippen LogP contribution in [0.4, 0.5) is 5.95 Å². The topological polar surface area (TPSA) is 127 Å². The van der Waals surface area contributed by atoms with Gasteiger partial charge in [-0.05, 0) is 38.2 Å². The van der Waals surface area contributed by atoms with Gasteiger partial charge in [-0.15, -0.1) is 5.92 Å². The molecule has 0 unspecified atom stereocenters. The summed E-state index contributed by atoms with van der Waals surface area (Å²) in [6.07, 6.45) is 12.0. The summed E-state index contributed by atoms with van der Waals surface area (Å²) < 4.78 is 15.0. The highest BCUT2D eigenvalue weighted by molar-refractivity contribution is 5.93. The first-order chi connectivity index (χ1) is 18.4. The fraction of sp³-hybridized carbons (Fsp3) is 0.407. The second kappa shape index (κ2) is 10.6. The van der Waals surface area contributed by atoms with Crippen molar-refractivity contribution < 1.29 is 14.3 Å². The van der Waals surface area contributed by atoms with E-state index in [0.29, 0.717) is 18.3 Å². The van der Waals surface area contributed by atoms with Crippen LogP contribution in [-0.2, 0) is 34.4 Å². The summed E-state index contributed by atoms with van der Waals surface area (Å²) >= 11 is 0. The van der Waals surface area contributed by atoms with Gasteiger partial charge in [-0.2, -0.15) is 4.98 Å². The predicted molar refractivity (Wildman–Crippen MR) is 142 cm³/mol. The Balaban J connectivity index is 1.48. The van der Waals surface area contributed by atoms with Gasteiger partial charge in [0.1, 0.15) is 12.5 Å². The summed E-state index contributed by atoms with van der Waals surface area (Å²) in [4.78, 5) is 46.6. The van der Waals surface area contributed by atoms with Gasteiger partial charge in [0, 0.05) is 26.2 Å². The maximum atomic E-state index is 13.7. The normalized spacial score (nSPS) is 19.1. The van der Waals surface area contributed by atoms with Gasteiger partial charge in [0.2, 0.25) is 17.5 Å². The summed E-state index contributed by atoms with van der Waals surface area (Å²) in [5, 5.41) is 0. The van der Waals surface area contributed by atoms with E-state index in [-0.39, 0.29) is 29.5 Å². The molecule has 3 aliphatic rings. The summed E-state index contributed by atoms with van der Waals surface area (Å²) in [5.74, 6) is 6.22. The van der Waals surface area contributed by atoms with E-state index in [9.17, 15) is 14.4 Å². The maximum Gasteiger partial charge on any atom is 0.332 e. The van der Waals surface area contributed by atoms with Crippen LogP contribution >= 0.6 is 0 Å². The fourth-order valence-electron chi connectivity index (χ4n) is 4.84. The molecule has 0 bridgehead atoms. The molecule has 38 heavy (non-hydrogen) atoms. The SMILES string of the molecule is CC#CCn1c(N2CCC[C@H](N)C2)nc2c1c(=O)n(CC(=O)C1=COC(C3=CC=CCC3)=CO1)c(=O)n2C. The van der Waals surface area contributed by atoms with Crippen LogP contribution in [0.5, 0.6) is 0 Å². The van der Waals surface area contributed by atoms with Crippen molar-refractivity contribution in [2.45, 2.75) is 51.7 Å². The zero-order valence-corrected chi connectivity index (χ0v) is 21.5. The van der Waals surface area contributed by atoms with Crippen molar-refractivity contribution in [3.05, 3.63) is 68.7 Å². The van der Waals surface area contributed by atoms with Gasteiger partial charge in [0.25, 0.3) is 5.56 Å². The molecule has 2 aromatic heterocycles. The van der Waals surface area contributed by atoms with Gasteiger partial charge >= 0.3 is 5.69 Å². The minimum absolute atomic E-state index is 0.0150. The van der Waals surface area contributed by atoms with Crippen LogP contribution in [0.2, 0.25) is 0 Å². The quantitative estimate of drug-likeness (QED) is 0.569. The first-order valence-corrected chi connectivity index (χ1v) is 12.6. The van der Waals surface area contributed by atoms with Crippen molar-refractivity contribution in [3.8, 4) is 11.8 Å². The summed E-state index contributed by atoms with van der Waals surface area (Å²) in [6.45, 7) is 2.71. The number of ketones is 1. The van der Waals surface area contributed by atoms with E-state index in [0.717, 1.165) is 42.4 Å². The lowest BCUT2D eigenvalue weighted by molar-refractivity contribution is -0.119. The molecule has 2 aliphatic heterocycles. The third-order valence-electron chi connectivity index (χ3n) is 6.86. The van der Waals surface area contributed by atoms with Gasteiger partial charge in [0.15, 0.2) is 16.9 Å². The molecule has 0 spiro atoms. The van der Waals surface area contributed by atoms with E-state index < -0.39 is 23.6 Å². The average molecular weight is 519 g/mol. The number of aromatic nitrogens is 4. The van der Waals surface area contributed by atoms with Crippen LogP contribution < -0.4 is 21.9 Å². The van der Waals surface area contributed by atoms with Gasteiger partial charge in [-0.25, -0.2) is 4.79 Å². The number of aryl methyl sites for hydroxylation is 1. The molecular formula is C27H30N6O5. The summed E-state index contributed by atoms with van der Waals surface area (Å²) in [7, 11) is 1.53. The molecule has 1 fully saturated rings. The molecule has 2 N–H and O–H groups in total. The van der Waals surface area contributed by atoms with Gasteiger partial charge in [-0.3, -0.25) is 23.3 Å². The number of carbonyl (C=O) groups is 1. The van der Waals surface area contributed by atoms with Crippen molar-refractivity contribution in [2.75, 3.05) is 18.0 Å². The Bertz CT molecular complexity index is 1590. The average Bonchev–Trinajstić information content (AvgIpc) is 3.33. The van der Waals surface area contributed by atoms with Crippen LogP contribution in [0, 0.1) is 11.8 Å². The molecule has 1 atom stereocenters. The Kier molecular flexibility index (Phi) is 7.07. The van der Waals surface area contributed by atoms with Crippen LogP contribution in [0.3, 0.4) is 0 Å². The lowest BCUT2D eigenvalue weighted by Crippen LogP contribution is -2.44. The number of hydrogen-bond acceptors (Lipinski definition) is 8. The highest BCUT2D eigenvalue weighted by Gasteiger charge is 2.27. The Labute approximate surface area is 219 Å². The molecule has 11 heteroatoms. The molecule has 0 aromatic carbocycles. The molecule has 5 rings (SSSR count). The van der Waals surface area contributed by atoms with E-state index >= 15 is 0 Å². The Hall–Kier alpha value is -4.30. The summed E-state index contributed by atoms with van der Waals surface area (Å²) in [6, 6.07) is -0.0150. The van der Waals surface area contributed by atoms with Crippen LogP contribution in [0.1, 0.15) is 32.6 Å². The number of imidazole rings is 1. The standard InChI is InChI=1S/C27H30N6O5/c1-3-4-13-32-23-24(29-26(32)31-12-8-11-19(28)14-31)30(2)27(36)33(25(23)35)15-20(34)22-17-37-21(16-38-22)18-9-6-5-7-10-18/h5-6,9,16-17,19H,7-8,10-15,28H2,1-2H3/t19-/m0/s1. The smallest absolute Gasteiger partial charge is 0.332 e. The Morgan fingerprint density at radius 2 is 2.08 bits per heavy atom. The highest BCUT2D eigenvalue weighted by atomic mass is 16.5. The zero-order valence-electron chi connectivity index (χ0n) is 21.5. The van der Waals surface area contributed by atoms with Gasteiger partial charge in [-0.1, -0.05) is 24.1 Å². The van der Waals surface area contributed by atoms with Crippen LogP contribution in [-0.4, -0.2) is 43.6 Å². The number of rotatable bonds is 6. The number of piperidine rings is 1. The maximum absolute atomic E-state index is 13.7. The molecule has 1 saturated heterocycles. The van der Waals surface area contributed by atoms with E-state index in [1.54, 1.807) is 11.5 Å². The van der Waals surface area contributed by atoms with E-state index in [1.807, 2.05) is 17.1 Å². The van der Waals surface area contributed by atoms with Crippen LogP contribution in [0.15, 0.2) is 57.4 Å². The van der Waals surface area contributed by atoms with E-state index in [2.05, 4.69) is 22.9 Å². The number of nitrogens with two attached hydrogens (primary N) is 1. The minimum atomic E-state index is -0.656. The molecule has 0 amide bonds. The van der Waals surface area contributed by atoms with Crippen molar-refractivity contribution in [2.24, 2.45) is 12.8 Å². The minimum Gasteiger partial charge on any atom is -0.457 e. The number of hydrogen-bond donors (Lipinski definition) is 1. The third kappa shape index (κ3) is 4.70. The molecule has 0 radical (unpaired) electrons. The molecule has 0 saturated carbocycles. The van der Waals surface area contributed by atoms with Crippen molar-refractivity contribution >= 4 is 22.9 Å². The number of fused-ring (bicyclic) bond motifs is 1. The first-order valence-electron chi connectivity index (χ1n) is 12.6. The number of allylic oxidation sites excluding steroid dienone is 5. The van der Waals surface area contributed by atoms with Crippen LogP contribution in [0.25, 0.3) is 11.2 Å². The number of carbonyl (C=O) groups excluding carboxylic acids is 1. The largest absolute Gasteiger partial charge is 0.457 e. The third-order valence-corrected chi connectivity index (χ3v) is 6.86. The number of anilines is 1. The molecule has 4 heterocycles. The lowest BCUT2D eigenvalue weighted by atomic mass is 10.0. The van der Waals surface area contributed by atoms with Crippen molar-refractivity contribution in [3.63, 3.8) is 0 Å². The lowest BCUT2D eigenvalue weighted by Gasteiger charge is -2.31. The first kappa shape index (κ1) is 25.4. The molecule has 11 nitrogen and oxygen atoms in total. The van der Waals surface area contributed by atoms with Crippen molar-refractivity contribution in [1.82, 2.24) is 18.7 Å². The summed E-state index contributed by atoms with van der Waals surface area (Å²) in [5.41, 5.74) is 6.30. The number of nitrogens with zero attached hydrogens (tertiary/aromatic N) is 5. The van der Waals surface area contributed by atoms with Gasteiger partial charge in [0.05, 0.1) is 13.1 Å². The second-order valence-corrected chi connectivity index (χ2v) is 9.46. The fourth-order valence-corrected chi connectivity index (χ4v) is 4.84. The molecule has 198 valence electrons. The Morgan fingerprint density at radius 1 is 1.24 bits per heavy atom. The van der Waals surface area contributed by atoms with E-state index in [4.69, 9.17) is 15.2 Å². The zero-order chi connectivity index (χ0) is 26.8. The Morgan fingerprint density at radius 3 is 2.76 bits per heavy atom. The molecule has 2 aromatic rings. The van der Waals surface area contributed by atoms with Gasteiger partial charge < -0.3 is 20.1 Å². The van der Waals surface area contributed by atoms with Crippen molar-refractivity contribution in [1.29, 1.82) is 0 Å².